The highest BCUT2D eigenvalue weighted by molar-refractivity contribution is 6.21. The van der Waals surface area contributed by atoms with E-state index in [4.69, 9.17) is 24.6 Å². The van der Waals surface area contributed by atoms with Crippen LogP contribution in [-0.4, -0.2) is 11.7 Å². The van der Waals surface area contributed by atoms with E-state index in [9.17, 15) is 0 Å². The topological polar surface area (TPSA) is 77.0 Å². The number of hydrogen-bond acceptors (Lipinski definition) is 3. The first-order chi connectivity index (χ1) is 26.1. The van der Waals surface area contributed by atoms with Gasteiger partial charge in [0, 0.05) is 32.7 Å². The molecular weight excluding hydrogens is 651 g/mol. The second-order valence-electron chi connectivity index (χ2n) is 14.0. The minimum Gasteiger partial charge on any atom is -0.456 e. The third kappa shape index (κ3) is 5.49. The highest BCUT2D eigenvalue weighted by atomic mass is 16.3. The summed E-state index contributed by atoms with van der Waals surface area (Å²) in [6, 6.07) is 48.0. The SMILES string of the molecule is CC1C=Cc2c(ccc3cc(C(=NCc4ccccc4)N=C(N)c4cccc5oc6ccc(-c7ccc8c(c7)oc7ccccc78)cc6c45)ccc23)C1. The summed E-state index contributed by atoms with van der Waals surface area (Å²) < 4.78 is 12.6. The molecule has 0 saturated carbocycles. The summed E-state index contributed by atoms with van der Waals surface area (Å²) in [7, 11) is 0. The van der Waals surface area contributed by atoms with Crippen LogP contribution >= 0.6 is 0 Å². The lowest BCUT2D eigenvalue weighted by Crippen LogP contribution is -2.17. The van der Waals surface area contributed by atoms with Gasteiger partial charge in [0.2, 0.25) is 0 Å². The summed E-state index contributed by atoms with van der Waals surface area (Å²) in [6.45, 7) is 2.74. The van der Waals surface area contributed by atoms with Crippen LogP contribution in [0.15, 0.2) is 164 Å². The largest absolute Gasteiger partial charge is 0.456 e. The second-order valence-corrected chi connectivity index (χ2v) is 14.0. The van der Waals surface area contributed by atoms with Gasteiger partial charge in [-0.25, -0.2) is 4.99 Å². The van der Waals surface area contributed by atoms with Crippen molar-refractivity contribution in [3.63, 3.8) is 0 Å². The zero-order valence-corrected chi connectivity index (χ0v) is 29.2. The summed E-state index contributed by atoms with van der Waals surface area (Å²) in [5, 5.41) is 6.50. The number of furan rings is 2. The zero-order chi connectivity index (χ0) is 35.5. The number of benzene rings is 7. The molecule has 53 heavy (non-hydrogen) atoms. The number of allylic oxidation sites excluding steroid dienone is 1. The normalized spacial score (nSPS) is 14.9. The molecule has 0 saturated heterocycles. The van der Waals surface area contributed by atoms with Crippen molar-refractivity contribution < 1.29 is 8.83 Å². The number of aliphatic imine (C=N–C) groups is 2. The van der Waals surface area contributed by atoms with Crippen LogP contribution in [0.1, 0.15) is 34.7 Å². The van der Waals surface area contributed by atoms with Crippen molar-refractivity contribution in [1.82, 2.24) is 0 Å². The van der Waals surface area contributed by atoms with E-state index < -0.39 is 0 Å². The molecule has 254 valence electrons. The van der Waals surface area contributed by atoms with Gasteiger partial charge in [0.05, 0.1) is 6.54 Å². The van der Waals surface area contributed by atoms with Gasteiger partial charge in [-0.3, -0.25) is 4.99 Å². The summed E-state index contributed by atoms with van der Waals surface area (Å²) in [6.07, 6.45) is 5.63. The molecule has 2 aromatic heterocycles. The third-order valence-corrected chi connectivity index (χ3v) is 10.5. The highest BCUT2D eigenvalue weighted by Crippen LogP contribution is 2.37. The van der Waals surface area contributed by atoms with Gasteiger partial charge >= 0.3 is 0 Å². The molecule has 2 N–H and O–H groups in total. The number of nitrogens with zero attached hydrogens (tertiary/aromatic N) is 2. The van der Waals surface area contributed by atoms with Gasteiger partial charge in [-0.1, -0.05) is 116 Å². The number of hydrogen-bond donors (Lipinski definition) is 1. The van der Waals surface area contributed by atoms with E-state index in [2.05, 4.69) is 97.9 Å². The molecule has 0 aliphatic heterocycles. The minimum atomic E-state index is 0.377. The van der Waals surface area contributed by atoms with Gasteiger partial charge in [0.25, 0.3) is 0 Å². The van der Waals surface area contributed by atoms with Crippen LogP contribution in [0.25, 0.3) is 71.9 Å². The van der Waals surface area contributed by atoms with Crippen molar-refractivity contribution in [2.45, 2.75) is 19.9 Å². The van der Waals surface area contributed by atoms with E-state index in [1.807, 2.05) is 60.7 Å². The quantitative estimate of drug-likeness (QED) is 0.145. The summed E-state index contributed by atoms with van der Waals surface area (Å²) in [5.74, 6) is 1.50. The smallest absolute Gasteiger partial charge is 0.157 e. The number of para-hydroxylation sites is 1. The van der Waals surface area contributed by atoms with Gasteiger partial charge in [0.1, 0.15) is 28.2 Å². The Morgan fingerprint density at radius 2 is 1.42 bits per heavy atom. The molecule has 5 heteroatoms. The van der Waals surface area contributed by atoms with E-state index in [1.54, 1.807) is 0 Å². The number of nitrogens with two attached hydrogens (primary N) is 1. The van der Waals surface area contributed by atoms with Crippen LogP contribution in [-0.2, 0) is 13.0 Å². The zero-order valence-electron chi connectivity index (χ0n) is 29.2. The summed E-state index contributed by atoms with van der Waals surface area (Å²) >= 11 is 0. The Morgan fingerprint density at radius 3 is 2.34 bits per heavy atom. The van der Waals surface area contributed by atoms with Gasteiger partial charge < -0.3 is 14.6 Å². The van der Waals surface area contributed by atoms with Gasteiger partial charge in [0.15, 0.2) is 5.84 Å². The van der Waals surface area contributed by atoms with Crippen molar-refractivity contribution in [2.24, 2.45) is 21.6 Å². The predicted octanol–water partition coefficient (Wildman–Crippen LogP) is 11.9. The Balaban J connectivity index is 1.08. The van der Waals surface area contributed by atoms with Crippen LogP contribution in [0.3, 0.4) is 0 Å². The lowest BCUT2D eigenvalue weighted by Gasteiger charge is -2.18. The molecule has 0 spiro atoms. The molecule has 0 bridgehead atoms. The van der Waals surface area contributed by atoms with E-state index in [0.717, 1.165) is 83.5 Å². The lowest BCUT2D eigenvalue weighted by molar-refractivity contribution is 0.669. The standard InChI is InChI=1S/C48H35N3O2/c1-29-14-20-36-33(24-29)15-16-34-25-35(18-21-37(34)36)48(50-28-30-8-3-2-4-9-30)51-47(49)40-11-7-13-44-46(40)41-26-31(19-23-43(41)52-44)32-17-22-39-38-10-5-6-12-42(38)53-45(39)27-32/h2-23,25-27,29H,24,28H2,1H3,(H2,49,50,51). The van der Waals surface area contributed by atoms with Crippen molar-refractivity contribution in [2.75, 3.05) is 0 Å². The fourth-order valence-electron chi connectivity index (χ4n) is 7.83. The van der Waals surface area contributed by atoms with Crippen molar-refractivity contribution in [3.05, 3.63) is 173 Å². The van der Waals surface area contributed by atoms with Crippen LogP contribution in [0.4, 0.5) is 0 Å². The van der Waals surface area contributed by atoms with Gasteiger partial charge in [-0.15, -0.1) is 0 Å². The van der Waals surface area contributed by atoms with E-state index >= 15 is 0 Å². The number of amidine groups is 2. The maximum absolute atomic E-state index is 6.99. The maximum atomic E-state index is 6.99. The fraction of sp³-hybridized carbons (Fsp3) is 0.0833. The Hall–Kier alpha value is -6.72. The second kappa shape index (κ2) is 12.5. The van der Waals surface area contributed by atoms with Crippen LogP contribution < -0.4 is 5.73 Å². The number of rotatable bonds is 5. The summed E-state index contributed by atoms with van der Waals surface area (Å²) in [4.78, 5) is 10.1. The molecule has 0 fully saturated rings. The molecule has 1 aliphatic carbocycles. The van der Waals surface area contributed by atoms with Crippen molar-refractivity contribution in [3.8, 4) is 11.1 Å². The first-order valence-corrected chi connectivity index (χ1v) is 18.1. The molecule has 10 rings (SSSR count). The Bertz CT molecular complexity index is 2980. The molecule has 0 amide bonds. The van der Waals surface area contributed by atoms with Crippen LogP contribution in [0, 0.1) is 5.92 Å². The van der Waals surface area contributed by atoms with Crippen LogP contribution in [0.2, 0.25) is 0 Å². The average molecular weight is 686 g/mol. The fourth-order valence-corrected chi connectivity index (χ4v) is 7.83. The maximum Gasteiger partial charge on any atom is 0.157 e. The molecule has 0 radical (unpaired) electrons. The van der Waals surface area contributed by atoms with E-state index in [-0.39, 0.29) is 0 Å². The Morgan fingerprint density at radius 1 is 0.660 bits per heavy atom. The van der Waals surface area contributed by atoms with Gasteiger partial charge in [-0.2, -0.15) is 0 Å². The Labute approximate surface area is 306 Å². The van der Waals surface area contributed by atoms with E-state index in [0.29, 0.717) is 24.1 Å². The molecular formula is C48H35N3O2. The van der Waals surface area contributed by atoms with Crippen molar-refractivity contribution in [1.29, 1.82) is 0 Å². The molecule has 2 heterocycles. The van der Waals surface area contributed by atoms with E-state index in [1.165, 1.54) is 16.5 Å². The molecule has 7 aromatic carbocycles. The lowest BCUT2D eigenvalue weighted by atomic mass is 9.87. The molecule has 1 atom stereocenters. The third-order valence-electron chi connectivity index (χ3n) is 10.5. The number of fused-ring (bicyclic) bond motifs is 9. The predicted molar refractivity (Wildman–Crippen MR) is 220 cm³/mol. The highest BCUT2D eigenvalue weighted by Gasteiger charge is 2.18. The van der Waals surface area contributed by atoms with Gasteiger partial charge in [-0.05, 0) is 93.4 Å². The monoisotopic (exact) mass is 685 g/mol. The molecule has 9 aromatic rings. The van der Waals surface area contributed by atoms with Crippen molar-refractivity contribution >= 4 is 72.4 Å². The molecule has 5 nitrogen and oxygen atoms in total. The van der Waals surface area contributed by atoms with Crippen LogP contribution in [0.5, 0.6) is 0 Å². The minimum absolute atomic E-state index is 0.377. The first-order valence-electron chi connectivity index (χ1n) is 18.1. The average Bonchev–Trinajstić information content (AvgIpc) is 3.77. The molecule has 1 unspecified atom stereocenters. The molecule has 1 aliphatic rings. The summed E-state index contributed by atoms with van der Waals surface area (Å²) in [5.41, 5.74) is 17.9. The first kappa shape index (κ1) is 31.1. The Kier molecular flexibility index (Phi) is 7.32.